The maximum absolute atomic E-state index is 12.2. The van der Waals surface area contributed by atoms with Crippen LogP contribution in [0.15, 0.2) is 24.3 Å². The van der Waals surface area contributed by atoms with E-state index in [4.69, 9.17) is 4.74 Å². The normalized spacial score (nSPS) is 28.0. The number of hydrogen-bond donors (Lipinski definition) is 0. The number of ether oxygens (including phenoxy) is 1. The lowest BCUT2D eigenvalue weighted by Crippen LogP contribution is -2.50. The number of hydrogen-bond acceptors (Lipinski definition) is 3. The van der Waals surface area contributed by atoms with Gasteiger partial charge in [0, 0.05) is 31.4 Å². The lowest BCUT2D eigenvalue weighted by Gasteiger charge is -2.44. The summed E-state index contributed by atoms with van der Waals surface area (Å²) in [4.78, 5) is 25.6. The number of amides is 1. The molecule has 3 atom stereocenters. The maximum Gasteiger partial charge on any atom is 0.303 e. The van der Waals surface area contributed by atoms with Crippen LogP contribution >= 0.6 is 0 Å². The fourth-order valence-corrected chi connectivity index (χ4v) is 3.61. The first-order chi connectivity index (χ1) is 10.0. The number of carbonyl (C=O) groups excluding carboxylic acids is 2. The van der Waals surface area contributed by atoms with Gasteiger partial charge in [0.2, 0.25) is 5.91 Å². The molecular weight excluding hydrogens is 266 g/mol. The van der Waals surface area contributed by atoms with E-state index in [9.17, 15) is 9.59 Å². The first-order valence-electron chi connectivity index (χ1n) is 7.56. The average molecular weight is 287 g/mol. The van der Waals surface area contributed by atoms with Gasteiger partial charge >= 0.3 is 5.97 Å². The Morgan fingerprint density at radius 3 is 2.43 bits per heavy atom. The van der Waals surface area contributed by atoms with E-state index in [1.165, 1.54) is 6.92 Å². The zero-order valence-corrected chi connectivity index (χ0v) is 12.7. The fraction of sp³-hybridized carbons (Fsp3) is 0.529. The average Bonchev–Trinajstić information content (AvgIpc) is 3.25. The van der Waals surface area contributed by atoms with Crippen molar-refractivity contribution in [2.75, 3.05) is 4.90 Å². The summed E-state index contributed by atoms with van der Waals surface area (Å²) in [5.41, 5.74) is 1.83. The molecule has 21 heavy (non-hydrogen) atoms. The Hall–Kier alpha value is -1.84. The molecule has 0 spiro atoms. The van der Waals surface area contributed by atoms with Crippen LogP contribution in [0.4, 0.5) is 5.69 Å². The standard InChI is InChI=1S/C17H21NO3/c1-10-16(13-8-9-13)18(11(2)19)15-7-5-4-6-14(15)17(10)21-12(3)20/h4-7,10,13,16-17H,8-9H2,1-3H3/t10-,16+,17?/m1/s1. The van der Waals surface area contributed by atoms with Gasteiger partial charge in [-0.05, 0) is 24.8 Å². The van der Waals surface area contributed by atoms with Gasteiger partial charge in [0.25, 0.3) is 0 Å². The van der Waals surface area contributed by atoms with Gasteiger partial charge < -0.3 is 9.64 Å². The third kappa shape index (κ3) is 2.43. The minimum atomic E-state index is -0.271. The SMILES string of the molecule is CC(=O)OC1c2ccccc2N(C(C)=O)[C@H](C2CC2)[C@H]1C. The van der Waals surface area contributed by atoms with Crippen molar-refractivity contribution in [1.29, 1.82) is 0 Å². The van der Waals surface area contributed by atoms with Crippen LogP contribution in [0.5, 0.6) is 0 Å². The molecule has 1 amide bonds. The Balaban J connectivity index is 2.09. The van der Waals surface area contributed by atoms with E-state index in [2.05, 4.69) is 6.92 Å². The Morgan fingerprint density at radius 2 is 1.86 bits per heavy atom. The molecule has 0 radical (unpaired) electrons. The number of nitrogens with zero attached hydrogens (tertiary/aromatic N) is 1. The molecule has 1 fully saturated rings. The second-order valence-electron chi connectivity index (χ2n) is 6.17. The van der Waals surface area contributed by atoms with E-state index >= 15 is 0 Å². The first kappa shape index (κ1) is 14.1. The van der Waals surface area contributed by atoms with Crippen LogP contribution in [-0.2, 0) is 14.3 Å². The van der Waals surface area contributed by atoms with Crippen LogP contribution in [0.1, 0.15) is 45.3 Å². The van der Waals surface area contributed by atoms with E-state index in [1.807, 2.05) is 29.2 Å². The number of esters is 1. The molecule has 0 N–H and O–H groups in total. The van der Waals surface area contributed by atoms with Gasteiger partial charge in [-0.3, -0.25) is 9.59 Å². The van der Waals surface area contributed by atoms with Crippen molar-refractivity contribution in [2.24, 2.45) is 11.8 Å². The lowest BCUT2D eigenvalue weighted by atomic mass is 9.81. The van der Waals surface area contributed by atoms with Crippen LogP contribution in [0.3, 0.4) is 0 Å². The fourth-order valence-electron chi connectivity index (χ4n) is 3.61. The number of anilines is 1. The Bertz CT molecular complexity index is 579. The highest BCUT2D eigenvalue weighted by molar-refractivity contribution is 5.94. The topological polar surface area (TPSA) is 46.6 Å². The molecule has 1 aromatic carbocycles. The van der Waals surface area contributed by atoms with E-state index in [-0.39, 0.29) is 29.9 Å². The number of fused-ring (bicyclic) bond motifs is 1. The molecule has 1 aliphatic carbocycles. The molecule has 0 saturated heterocycles. The summed E-state index contributed by atoms with van der Waals surface area (Å²) >= 11 is 0. The molecule has 112 valence electrons. The third-order valence-corrected chi connectivity index (χ3v) is 4.55. The van der Waals surface area contributed by atoms with Crippen LogP contribution in [0, 0.1) is 11.8 Å². The maximum atomic E-state index is 12.2. The predicted molar refractivity (Wildman–Crippen MR) is 79.8 cm³/mol. The molecule has 1 heterocycles. The highest BCUT2D eigenvalue weighted by Crippen LogP contribution is 2.50. The van der Waals surface area contributed by atoms with Crippen molar-refractivity contribution in [3.63, 3.8) is 0 Å². The van der Waals surface area contributed by atoms with E-state index in [1.54, 1.807) is 6.92 Å². The summed E-state index contributed by atoms with van der Waals surface area (Å²) in [6.07, 6.45) is 2.03. The molecular formula is C17H21NO3. The van der Waals surface area contributed by atoms with E-state index < -0.39 is 0 Å². The van der Waals surface area contributed by atoms with Gasteiger partial charge in [-0.15, -0.1) is 0 Å². The Kier molecular flexibility index (Phi) is 3.47. The summed E-state index contributed by atoms with van der Waals surface area (Å²) in [5.74, 6) is 0.426. The molecule has 1 aliphatic heterocycles. The first-order valence-corrected chi connectivity index (χ1v) is 7.56. The largest absolute Gasteiger partial charge is 0.457 e. The predicted octanol–water partition coefficient (Wildman–Crippen LogP) is 3.07. The Morgan fingerprint density at radius 1 is 1.19 bits per heavy atom. The summed E-state index contributed by atoms with van der Waals surface area (Å²) < 4.78 is 5.59. The molecule has 1 unspecified atom stereocenters. The van der Waals surface area contributed by atoms with Crippen LogP contribution in [0.25, 0.3) is 0 Å². The minimum absolute atomic E-state index is 0.0625. The lowest BCUT2D eigenvalue weighted by molar-refractivity contribution is -0.150. The molecule has 3 rings (SSSR count). The second-order valence-corrected chi connectivity index (χ2v) is 6.17. The zero-order chi connectivity index (χ0) is 15.1. The van der Waals surface area contributed by atoms with Crippen molar-refractivity contribution >= 4 is 17.6 Å². The number of benzene rings is 1. The van der Waals surface area contributed by atoms with Gasteiger partial charge in [-0.1, -0.05) is 25.1 Å². The summed E-state index contributed by atoms with van der Waals surface area (Å²) in [7, 11) is 0. The summed E-state index contributed by atoms with van der Waals surface area (Å²) in [6, 6.07) is 7.89. The second kappa shape index (κ2) is 5.17. The number of carbonyl (C=O) groups is 2. The molecule has 1 saturated carbocycles. The minimum Gasteiger partial charge on any atom is -0.457 e. The summed E-state index contributed by atoms with van der Waals surface area (Å²) in [5, 5.41) is 0. The third-order valence-electron chi connectivity index (χ3n) is 4.55. The number of para-hydroxylation sites is 1. The van der Waals surface area contributed by atoms with Gasteiger partial charge in [-0.2, -0.15) is 0 Å². The van der Waals surface area contributed by atoms with Gasteiger partial charge in [0.15, 0.2) is 0 Å². The molecule has 1 aromatic rings. The van der Waals surface area contributed by atoms with Crippen molar-refractivity contribution in [1.82, 2.24) is 0 Å². The van der Waals surface area contributed by atoms with E-state index in [0.29, 0.717) is 5.92 Å². The highest BCUT2D eigenvalue weighted by atomic mass is 16.5. The van der Waals surface area contributed by atoms with Crippen molar-refractivity contribution in [2.45, 2.75) is 45.8 Å². The van der Waals surface area contributed by atoms with Crippen LogP contribution in [-0.4, -0.2) is 17.9 Å². The molecule has 2 aliphatic rings. The van der Waals surface area contributed by atoms with Gasteiger partial charge in [0.1, 0.15) is 6.10 Å². The van der Waals surface area contributed by atoms with Gasteiger partial charge in [-0.25, -0.2) is 0 Å². The van der Waals surface area contributed by atoms with Crippen molar-refractivity contribution < 1.29 is 14.3 Å². The monoisotopic (exact) mass is 287 g/mol. The van der Waals surface area contributed by atoms with Crippen LogP contribution in [0.2, 0.25) is 0 Å². The smallest absolute Gasteiger partial charge is 0.303 e. The van der Waals surface area contributed by atoms with Crippen molar-refractivity contribution in [3.8, 4) is 0 Å². The summed E-state index contributed by atoms with van der Waals surface area (Å²) in [6.45, 7) is 5.15. The van der Waals surface area contributed by atoms with E-state index in [0.717, 1.165) is 24.1 Å². The Labute approximate surface area is 125 Å². The molecule has 4 nitrogen and oxygen atoms in total. The number of rotatable bonds is 2. The highest BCUT2D eigenvalue weighted by Gasteiger charge is 2.48. The molecule has 0 bridgehead atoms. The molecule has 4 heteroatoms. The quantitative estimate of drug-likeness (QED) is 0.785. The molecule has 0 aromatic heterocycles. The van der Waals surface area contributed by atoms with Crippen LogP contribution < -0.4 is 4.90 Å². The zero-order valence-electron chi connectivity index (χ0n) is 12.7. The van der Waals surface area contributed by atoms with Crippen molar-refractivity contribution in [3.05, 3.63) is 29.8 Å². The van der Waals surface area contributed by atoms with Gasteiger partial charge in [0.05, 0.1) is 5.69 Å².